The Morgan fingerprint density at radius 3 is 2.50 bits per heavy atom. The predicted molar refractivity (Wildman–Crippen MR) is 72.8 cm³/mol. The second-order valence-electron chi connectivity index (χ2n) is 6.03. The minimum Gasteiger partial charge on any atom is -0.368 e. The molecule has 1 aliphatic rings. The number of rotatable bonds is 2. The highest BCUT2D eigenvalue weighted by molar-refractivity contribution is 6.05. The van der Waals surface area contributed by atoms with Crippen LogP contribution in [0.5, 0.6) is 0 Å². The molecule has 1 aromatic heterocycles. The van der Waals surface area contributed by atoms with E-state index in [0.29, 0.717) is 0 Å². The maximum atomic E-state index is 12.9. The van der Waals surface area contributed by atoms with Crippen LogP contribution in [0.4, 0.5) is 19.0 Å². The molecule has 2 amide bonds. The van der Waals surface area contributed by atoms with Gasteiger partial charge >= 0.3 is 6.18 Å². The Kier molecular flexibility index (Phi) is 3.67. The third-order valence-corrected chi connectivity index (χ3v) is 3.66. The maximum absolute atomic E-state index is 12.9. The van der Waals surface area contributed by atoms with Crippen LogP contribution < -0.4 is 10.6 Å². The van der Waals surface area contributed by atoms with E-state index >= 15 is 0 Å². The summed E-state index contributed by atoms with van der Waals surface area (Å²) in [5.41, 5.74) is 3.58. The molecule has 0 aromatic carbocycles. The quantitative estimate of drug-likeness (QED) is 0.907. The van der Waals surface area contributed by atoms with Crippen LogP contribution in [0.25, 0.3) is 0 Å². The van der Waals surface area contributed by atoms with Crippen molar-refractivity contribution in [3.05, 3.63) is 23.4 Å². The topological polar surface area (TPSA) is 76.3 Å². The summed E-state index contributed by atoms with van der Waals surface area (Å²) in [4.78, 5) is 28.9. The van der Waals surface area contributed by atoms with Crippen LogP contribution in [-0.2, 0) is 15.8 Å². The molecule has 1 aromatic rings. The van der Waals surface area contributed by atoms with Crippen molar-refractivity contribution < 1.29 is 22.8 Å². The van der Waals surface area contributed by atoms with Gasteiger partial charge in [0.05, 0.1) is 5.56 Å². The number of primary amides is 1. The summed E-state index contributed by atoms with van der Waals surface area (Å²) < 4.78 is 38.8. The van der Waals surface area contributed by atoms with Crippen LogP contribution in [0.2, 0.25) is 0 Å². The zero-order valence-electron chi connectivity index (χ0n) is 12.4. The molecule has 1 saturated heterocycles. The van der Waals surface area contributed by atoms with Crippen LogP contribution >= 0.6 is 0 Å². The fraction of sp³-hybridized carbons (Fsp3) is 0.500. The Morgan fingerprint density at radius 1 is 1.41 bits per heavy atom. The molecule has 2 N–H and O–H groups in total. The van der Waals surface area contributed by atoms with Gasteiger partial charge in [0.2, 0.25) is 11.8 Å². The van der Waals surface area contributed by atoms with Gasteiger partial charge in [-0.25, -0.2) is 4.98 Å². The summed E-state index contributed by atoms with van der Waals surface area (Å²) in [6.45, 7) is 4.63. The van der Waals surface area contributed by atoms with Gasteiger partial charge in [0.25, 0.3) is 0 Å². The van der Waals surface area contributed by atoms with Crippen LogP contribution in [0.15, 0.2) is 12.1 Å². The largest absolute Gasteiger partial charge is 0.416 e. The minimum absolute atomic E-state index is 0.102. The molecule has 1 atom stereocenters. The van der Waals surface area contributed by atoms with Crippen LogP contribution in [0, 0.1) is 12.3 Å². The van der Waals surface area contributed by atoms with E-state index in [-0.39, 0.29) is 17.9 Å². The third kappa shape index (κ3) is 2.77. The summed E-state index contributed by atoms with van der Waals surface area (Å²) >= 11 is 0. The highest BCUT2D eigenvalue weighted by atomic mass is 19.4. The fourth-order valence-electron chi connectivity index (χ4n) is 2.56. The van der Waals surface area contributed by atoms with Crippen LogP contribution in [-0.4, -0.2) is 22.8 Å². The highest BCUT2D eigenvalue weighted by Crippen LogP contribution is 2.39. The van der Waals surface area contributed by atoms with E-state index < -0.39 is 35.0 Å². The molecular formula is C14H16F3N3O2. The molecule has 0 bridgehead atoms. The van der Waals surface area contributed by atoms with Crippen molar-refractivity contribution in [2.24, 2.45) is 11.1 Å². The van der Waals surface area contributed by atoms with E-state index in [1.807, 2.05) is 0 Å². The van der Waals surface area contributed by atoms with E-state index in [2.05, 4.69) is 4.98 Å². The Hall–Kier alpha value is -2.12. The molecule has 2 rings (SSSR count). The summed E-state index contributed by atoms with van der Waals surface area (Å²) in [5, 5.41) is 0. The number of nitrogens with zero attached hydrogens (tertiary/aromatic N) is 2. The number of carbonyl (C=O) groups excluding carboxylic acids is 2. The van der Waals surface area contributed by atoms with Crippen molar-refractivity contribution in [3.63, 3.8) is 0 Å². The molecule has 0 spiro atoms. The van der Waals surface area contributed by atoms with Gasteiger partial charge in [-0.3, -0.25) is 14.5 Å². The van der Waals surface area contributed by atoms with Gasteiger partial charge in [-0.2, -0.15) is 13.2 Å². The lowest BCUT2D eigenvalue weighted by Gasteiger charge is -2.23. The molecule has 120 valence electrons. The number of nitrogens with two attached hydrogens (primary N) is 1. The molecule has 2 heterocycles. The van der Waals surface area contributed by atoms with E-state index in [1.165, 1.54) is 6.92 Å². The molecule has 1 unspecified atom stereocenters. The predicted octanol–water partition coefficient (Wildman–Crippen LogP) is 2.03. The summed E-state index contributed by atoms with van der Waals surface area (Å²) in [6, 6.07) is 0.648. The lowest BCUT2D eigenvalue weighted by molar-refractivity contribution is -0.137. The lowest BCUT2D eigenvalue weighted by atomic mass is 9.90. The Balaban J connectivity index is 2.56. The van der Waals surface area contributed by atoms with Crippen molar-refractivity contribution in [2.45, 2.75) is 39.4 Å². The number of aromatic nitrogens is 1. The number of halogens is 3. The third-order valence-electron chi connectivity index (χ3n) is 3.66. The summed E-state index contributed by atoms with van der Waals surface area (Å²) in [6.07, 6.45) is -4.43. The number of amides is 2. The standard InChI is InChI=1S/C14H16F3N3O2/c1-7-4-8(14(15,16)17)5-10(19-7)20-9(11(18)21)6-13(2,3)12(20)22/h4-5,9H,6H2,1-3H3,(H2,18,21). The maximum Gasteiger partial charge on any atom is 0.416 e. The SMILES string of the molecule is Cc1cc(C(F)(F)F)cc(N2C(=O)C(C)(C)CC2C(N)=O)n1. The first-order valence-corrected chi connectivity index (χ1v) is 6.62. The minimum atomic E-state index is -4.57. The lowest BCUT2D eigenvalue weighted by Crippen LogP contribution is -2.43. The van der Waals surface area contributed by atoms with Crippen LogP contribution in [0.1, 0.15) is 31.5 Å². The number of hydrogen-bond acceptors (Lipinski definition) is 3. The number of alkyl halides is 3. The average Bonchev–Trinajstić information content (AvgIpc) is 2.59. The number of pyridine rings is 1. The van der Waals surface area contributed by atoms with Crippen molar-refractivity contribution >= 4 is 17.6 Å². The normalized spacial score (nSPS) is 21.3. The number of anilines is 1. The van der Waals surface area contributed by atoms with E-state index in [0.717, 1.165) is 17.0 Å². The van der Waals surface area contributed by atoms with Crippen molar-refractivity contribution in [1.82, 2.24) is 4.98 Å². The first-order chi connectivity index (χ1) is 9.93. The van der Waals surface area contributed by atoms with Crippen molar-refractivity contribution in [2.75, 3.05) is 4.90 Å². The molecule has 1 aliphatic heterocycles. The molecule has 0 radical (unpaired) electrons. The number of carbonyl (C=O) groups is 2. The van der Waals surface area contributed by atoms with Gasteiger partial charge in [-0.1, -0.05) is 13.8 Å². The summed E-state index contributed by atoms with van der Waals surface area (Å²) in [5.74, 6) is -1.44. The van der Waals surface area contributed by atoms with Gasteiger partial charge in [-0.15, -0.1) is 0 Å². The first-order valence-electron chi connectivity index (χ1n) is 6.62. The van der Waals surface area contributed by atoms with Gasteiger partial charge < -0.3 is 5.73 Å². The molecule has 1 fully saturated rings. The van der Waals surface area contributed by atoms with Gasteiger partial charge in [-0.05, 0) is 25.5 Å². The molecular weight excluding hydrogens is 299 g/mol. The van der Waals surface area contributed by atoms with E-state index in [4.69, 9.17) is 5.73 Å². The Labute approximate surface area is 125 Å². The molecule has 0 saturated carbocycles. The Bertz CT molecular complexity index is 641. The smallest absolute Gasteiger partial charge is 0.368 e. The molecule has 0 aliphatic carbocycles. The highest BCUT2D eigenvalue weighted by Gasteiger charge is 2.49. The molecule has 5 nitrogen and oxygen atoms in total. The average molecular weight is 315 g/mol. The van der Waals surface area contributed by atoms with Crippen LogP contribution in [0.3, 0.4) is 0 Å². The number of hydrogen-bond donors (Lipinski definition) is 1. The first kappa shape index (κ1) is 16.3. The monoisotopic (exact) mass is 315 g/mol. The zero-order valence-corrected chi connectivity index (χ0v) is 12.4. The van der Waals surface area contributed by atoms with Gasteiger partial charge in [0, 0.05) is 11.1 Å². The number of aryl methyl sites for hydroxylation is 1. The zero-order chi connectivity index (χ0) is 16.9. The second-order valence-corrected chi connectivity index (χ2v) is 6.03. The fourth-order valence-corrected chi connectivity index (χ4v) is 2.56. The molecule has 8 heteroatoms. The summed E-state index contributed by atoms with van der Waals surface area (Å²) in [7, 11) is 0. The van der Waals surface area contributed by atoms with E-state index in [1.54, 1.807) is 13.8 Å². The van der Waals surface area contributed by atoms with E-state index in [9.17, 15) is 22.8 Å². The van der Waals surface area contributed by atoms with Crippen molar-refractivity contribution in [1.29, 1.82) is 0 Å². The van der Waals surface area contributed by atoms with Gasteiger partial charge in [0.15, 0.2) is 0 Å². The Morgan fingerprint density at radius 2 is 2.00 bits per heavy atom. The van der Waals surface area contributed by atoms with Gasteiger partial charge in [0.1, 0.15) is 11.9 Å². The molecule has 22 heavy (non-hydrogen) atoms. The second kappa shape index (κ2) is 4.96. The van der Waals surface area contributed by atoms with Crippen molar-refractivity contribution in [3.8, 4) is 0 Å².